The first kappa shape index (κ1) is 23.2. The van der Waals surface area contributed by atoms with Crippen LogP contribution in [0.3, 0.4) is 0 Å². The van der Waals surface area contributed by atoms with E-state index in [2.05, 4.69) is 15.3 Å². The van der Waals surface area contributed by atoms with Crippen LogP contribution in [0, 0.1) is 22.9 Å². The van der Waals surface area contributed by atoms with E-state index in [4.69, 9.17) is 4.74 Å². The maximum absolute atomic E-state index is 13.5. The number of halogens is 3. The SMILES string of the molecule is C[C@H](NC(=O)CC1(C)COC1)c1ncc(F)cc1F.O=c1[nH]c(=O)c2cc(F)ccc2[nH]1.[HH].[HH]. The molecule has 174 valence electrons. The van der Waals surface area contributed by atoms with Crippen molar-refractivity contribution in [2.24, 2.45) is 5.41 Å². The van der Waals surface area contributed by atoms with E-state index in [1.54, 1.807) is 6.92 Å². The molecular formula is C21H25F3N4O4. The lowest BCUT2D eigenvalue weighted by Gasteiger charge is -2.37. The van der Waals surface area contributed by atoms with Crippen molar-refractivity contribution in [2.45, 2.75) is 26.3 Å². The summed E-state index contributed by atoms with van der Waals surface area (Å²) in [5.74, 6) is -2.20. The summed E-state index contributed by atoms with van der Waals surface area (Å²) in [6.07, 6.45) is 1.25. The number of carbonyl (C=O) groups excluding carboxylic acids is 1. The van der Waals surface area contributed by atoms with Crippen molar-refractivity contribution in [1.82, 2.24) is 20.3 Å². The normalized spacial score (nSPS) is 15.3. The second-order valence-corrected chi connectivity index (χ2v) is 7.89. The van der Waals surface area contributed by atoms with Gasteiger partial charge in [-0.15, -0.1) is 0 Å². The van der Waals surface area contributed by atoms with Crippen molar-refractivity contribution >= 4 is 16.8 Å². The number of hydrogen-bond acceptors (Lipinski definition) is 5. The summed E-state index contributed by atoms with van der Waals surface area (Å²) < 4.78 is 44.0. The van der Waals surface area contributed by atoms with Crippen LogP contribution in [0.2, 0.25) is 0 Å². The van der Waals surface area contributed by atoms with Gasteiger partial charge in [0.2, 0.25) is 5.91 Å². The highest BCUT2D eigenvalue weighted by Gasteiger charge is 2.35. The standard InChI is InChI=1S/C13H16F2N2O2.C8H5FN2O2.2H2/c1-8(12-10(15)3-9(14)5-16-12)17-11(18)4-13(2)6-19-7-13;9-4-1-2-6-5(3-4)7(12)11-8(13)10-6;;/h3,5,8H,4,6-7H2,1-2H3,(H,17,18);1-3H,(H2,10,11,12,13);2*1H/t8-;;;/m0.../s1. The second kappa shape index (κ2) is 9.35. The number of nitrogens with one attached hydrogen (secondary N) is 3. The lowest BCUT2D eigenvalue weighted by molar-refractivity contribution is -0.139. The first-order valence-corrected chi connectivity index (χ1v) is 9.66. The van der Waals surface area contributed by atoms with Gasteiger partial charge in [-0.05, 0) is 25.1 Å². The Hall–Kier alpha value is -3.47. The van der Waals surface area contributed by atoms with Crippen LogP contribution in [-0.2, 0) is 9.53 Å². The number of ether oxygens (including phenoxy) is 1. The van der Waals surface area contributed by atoms with Crippen LogP contribution in [0.1, 0.15) is 34.9 Å². The predicted octanol–water partition coefficient (Wildman–Crippen LogP) is 2.81. The number of H-pyrrole nitrogens is 2. The van der Waals surface area contributed by atoms with Crippen molar-refractivity contribution in [3.63, 3.8) is 0 Å². The summed E-state index contributed by atoms with van der Waals surface area (Å²) in [6.45, 7) is 4.67. The van der Waals surface area contributed by atoms with Gasteiger partial charge in [-0.25, -0.2) is 18.0 Å². The molecule has 1 amide bonds. The van der Waals surface area contributed by atoms with Gasteiger partial charge in [0.15, 0.2) is 0 Å². The molecule has 1 saturated heterocycles. The summed E-state index contributed by atoms with van der Waals surface area (Å²) in [7, 11) is 0. The first-order valence-electron chi connectivity index (χ1n) is 9.66. The fourth-order valence-corrected chi connectivity index (χ4v) is 3.18. The lowest BCUT2D eigenvalue weighted by atomic mass is 9.84. The summed E-state index contributed by atoms with van der Waals surface area (Å²) in [6, 6.07) is 3.76. The smallest absolute Gasteiger partial charge is 0.326 e. The summed E-state index contributed by atoms with van der Waals surface area (Å²) in [5.41, 5.74) is -0.958. The minimum atomic E-state index is -0.758. The predicted molar refractivity (Wildman–Crippen MR) is 114 cm³/mol. The molecule has 2 aromatic heterocycles. The first-order chi connectivity index (χ1) is 15.1. The van der Waals surface area contributed by atoms with E-state index >= 15 is 0 Å². The van der Waals surface area contributed by atoms with Gasteiger partial charge >= 0.3 is 5.69 Å². The third kappa shape index (κ3) is 5.61. The third-order valence-electron chi connectivity index (χ3n) is 4.81. The largest absolute Gasteiger partial charge is 0.380 e. The molecule has 0 bridgehead atoms. The quantitative estimate of drug-likeness (QED) is 0.561. The zero-order valence-electron chi connectivity index (χ0n) is 17.3. The Morgan fingerprint density at radius 1 is 1.22 bits per heavy atom. The molecule has 4 rings (SSSR count). The topological polar surface area (TPSA) is 117 Å². The van der Waals surface area contributed by atoms with Crippen molar-refractivity contribution in [3.8, 4) is 0 Å². The Morgan fingerprint density at radius 3 is 2.56 bits per heavy atom. The van der Waals surface area contributed by atoms with E-state index in [1.807, 2.05) is 11.9 Å². The van der Waals surface area contributed by atoms with E-state index in [1.165, 1.54) is 12.1 Å². The zero-order valence-corrected chi connectivity index (χ0v) is 17.3. The Bertz CT molecular complexity index is 1260. The second-order valence-electron chi connectivity index (χ2n) is 7.89. The number of rotatable bonds is 4. The number of nitrogens with zero attached hydrogens (tertiary/aromatic N) is 1. The number of benzene rings is 1. The van der Waals surface area contributed by atoms with Gasteiger partial charge in [0.25, 0.3) is 5.56 Å². The number of fused-ring (bicyclic) bond motifs is 1. The molecule has 0 saturated carbocycles. The number of pyridine rings is 1. The molecule has 1 aliphatic rings. The average Bonchev–Trinajstić information content (AvgIpc) is 2.67. The molecule has 3 aromatic rings. The van der Waals surface area contributed by atoms with Gasteiger partial charge < -0.3 is 15.0 Å². The van der Waals surface area contributed by atoms with Crippen LogP contribution in [-0.4, -0.2) is 34.1 Å². The highest BCUT2D eigenvalue weighted by molar-refractivity contribution is 5.77. The monoisotopic (exact) mass is 454 g/mol. The van der Waals surface area contributed by atoms with Crippen molar-refractivity contribution < 1.29 is 25.6 Å². The molecule has 1 aromatic carbocycles. The van der Waals surface area contributed by atoms with Gasteiger partial charge in [0.05, 0.1) is 42.0 Å². The lowest BCUT2D eigenvalue weighted by Crippen LogP contribution is -2.44. The maximum atomic E-state index is 13.5. The Morgan fingerprint density at radius 2 is 1.94 bits per heavy atom. The molecule has 3 heterocycles. The molecular weight excluding hydrogens is 429 g/mol. The Labute approximate surface area is 182 Å². The summed E-state index contributed by atoms with van der Waals surface area (Å²) in [5, 5.41) is 2.80. The molecule has 11 heteroatoms. The molecule has 0 unspecified atom stereocenters. The van der Waals surface area contributed by atoms with E-state index in [0.717, 1.165) is 18.3 Å². The van der Waals surface area contributed by atoms with Gasteiger partial charge in [-0.2, -0.15) is 0 Å². The van der Waals surface area contributed by atoms with Gasteiger partial charge in [-0.1, -0.05) is 6.92 Å². The summed E-state index contributed by atoms with van der Waals surface area (Å²) in [4.78, 5) is 41.8. The highest BCUT2D eigenvalue weighted by atomic mass is 19.1. The van der Waals surface area contributed by atoms with Crippen molar-refractivity contribution in [1.29, 1.82) is 0 Å². The minimum absolute atomic E-state index is 0. The van der Waals surface area contributed by atoms with Crippen LogP contribution in [0.15, 0.2) is 40.1 Å². The molecule has 0 spiro atoms. The average molecular weight is 454 g/mol. The molecule has 8 nitrogen and oxygen atoms in total. The number of hydrogen-bond donors (Lipinski definition) is 3. The molecule has 1 fully saturated rings. The highest BCUT2D eigenvalue weighted by Crippen LogP contribution is 2.30. The molecule has 3 N–H and O–H groups in total. The number of aromatic nitrogens is 3. The molecule has 1 aliphatic heterocycles. The Balaban J connectivity index is 0.000000340. The molecule has 1 atom stereocenters. The Kier molecular flexibility index (Phi) is 6.78. The number of carbonyl (C=O) groups is 1. The van der Waals surface area contributed by atoms with Crippen LogP contribution in [0.25, 0.3) is 10.9 Å². The van der Waals surface area contributed by atoms with Crippen LogP contribution in [0.5, 0.6) is 0 Å². The number of amides is 1. The van der Waals surface area contributed by atoms with Gasteiger partial charge in [0, 0.05) is 20.8 Å². The van der Waals surface area contributed by atoms with E-state index < -0.39 is 34.7 Å². The van der Waals surface area contributed by atoms with Crippen molar-refractivity contribution in [3.05, 3.63) is 74.4 Å². The minimum Gasteiger partial charge on any atom is -0.380 e. The van der Waals surface area contributed by atoms with E-state index in [-0.39, 0.29) is 25.3 Å². The van der Waals surface area contributed by atoms with Crippen LogP contribution in [0.4, 0.5) is 13.2 Å². The van der Waals surface area contributed by atoms with E-state index in [0.29, 0.717) is 25.2 Å². The van der Waals surface area contributed by atoms with Crippen LogP contribution < -0.4 is 16.6 Å². The summed E-state index contributed by atoms with van der Waals surface area (Å²) >= 11 is 0. The maximum Gasteiger partial charge on any atom is 0.326 e. The van der Waals surface area contributed by atoms with Crippen LogP contribution >= 0.6 is 0 Å². The van der Waals surface area contributed by atoms with Gasteiger partial charge in [0.1, 0.15) is 17.5 Å². The van der Waals surface area contributed by atoms with Gasteiger partial charge in [-0.3, -0.25) is 19.6 Å². The van der Waals surface area contributed by atoms with Crippen molar-refractivity contribution in [2.75, 3.05) is 13.2 Å². The molecule has 32 heavy (non-hydrogen) atoms. The molecule has 0 aliphatic carbocycles. The fourth-order valence-electron chi connectivity index (χ4n) is 3.18. The van der Waals surface area contributed by atoms with E-state index in [9.17, 15) is 27.6 Å². The zero-order chi connectivity index (χ0) is 23.5. The number of aromatic amines is 2. The fraction of sp³-hybridized carbons (Fsp3) is 0.333. The third-order valence-corrected chi connectivity index (χ3v) is 4.81. The molecule has 0 radical (unpaired) electrons.